The molecule has 0 spiro atoms. The Kier molecular flexibility index (Phi) is 2.52. The van der Waals surface area contributed by atoms with E-state index in [1.165, 1.54) is 0 Å². The van der Waals surface area contributed by atoms with Gasteiger partial charge in [0.1, 0.15) is 0 Å². The zero-order valence-corrected chi connectivity index (χ0v) is 9.91. The summed E-state index contributed by atoms with van der Waals surface area (Å²) in [5, 5.41) is 1.47. The molecule has 0 saturated carbocycles. The molecule has 0 radical (unpaired) electrons. The minimum Gasteiger partial charge on any atom is -0.398 e. The summed E-state index contributed by atoms with van der Waals surface area (Å²) in [4.78, 5) is 12.0. The van der Waals surface area contributed by atoms with Gasteiger partial charge in [0.05, 0.1) is 5.39 Å². The van der Waals surface area contributed by atoms with Gasteiger partial charge in [0, 0.05) is 28.3 Å². The van der Waals surface area contributed by atoms with Crippen LogP contribution in [-0.4, -0.2) is 4.57 Å². The fraction of sp³-hybridized carbons (Fsp3) is 0.182. The van der Waals surface area contributed by atoms with Crippen molar-refractivity contribution in [1.82, 2.24) is 4.57 Å². The van der Waals surface area contributed by atoms with E-state index in [2.05, 4.69) is 15.9 Å². The van der Waals surface area contributed by atoms with Gasteiger partial charge in [0.25, 0.3) is 5.56 Å². The van der Waals surface area contributed by atoms with E-state index in [9.17, 15) is 4.79 Å². The van der Waals surface area contributed by atoms with Gasteiger partial charge in [-0.1, -0.05) is 15.9 Å². The van der Waals surface area contributed by atoms with E-state index in [-0.39, 0.29) is 5.56 Å². The molecule has 3 nitrogen and oxygen atoms in total. The van der Waals surface area contributed by atoms with Gasteiger partial charge in [-0.2, -0.15) is 0 Å². The Morgan fingerprint density at radius 1 is 1.40 bits per heavy atom. The average molecular weight is 267 g/mol. The fourth-order valence-corrected chi connectivity index (χ4v) is 2.11. The molecular weight excluding hydrogens is 256 g/mol. The van der Waals surface area contributed by atoms with Crippen LogP contribution in [-0.2, 0) is 6.54 Å². The van der Waals surface area contributed by atoms with E-state index >= 15 is 0 Å². The molecule has 0 amide bonds. The molecule has 1 aromatic carbocycles. The molecule has 0 saturated heterocycles. The van der Waals surface area contributed by atoms with Gasteiger partial charge in [0.15, 0.2) is 0 Å². The van der Waals surface area contributed by atoms with Crippen LogP contribution in [0.3, 0.4) is 0 Å². The summed E-state index contributed by atoms with van der Waals surface area (Å²) in [7, 11) is 0. The highest BCUT2D eigenvalue weighted by Crippen LogP contribution is 2.23. The predicted octanol–water partition coefficient (Wildman–Crippen LogP) is 2.37. The molecule has 15 heavy (non-hydrogen) atoms. The molecule has 0 aliphatic carbocycles. The minimum atomic E-state index is 0.00278. The molecular formula is C11H11BrN2O. The summed E-state index contributed by atoms with van der Waals surface area (Å²) < 4.78 is 2.49. The molecule has 2 N–H and O–H groups in total. The van der Waals surface area contributed by atoms with Gasteiger partial charge >= 0.3 is 0 Å². The highest BCUT2D eigenvalue weighted by Gasteiger charge is 2.05. The molecule has 1 heterocycles. The topological polar surface area (TPSA) is 48.0 Å². The Balaban J connectivity index is 2.93. The normalized spacial score (nSPS) is 10.8. The number of pyridine rings is 1. The van der Waals surface area contributed by atoms with E-state index in [1.54, 1.807) is 22.9 Å². The van der Waals surface area contributed by atoms with Crippen LogP contribution in [0.5, 0.6) is 0 Å². The quantitative estimate of drug-likeness (QED) is 0.806. The number of hydrogen-bond donors (Lipinski definition) is 1. The zero-order chi connectivity index (χ0) is 11.0. The Morgan fingerprint density at radius 3 is 2.80 bits per heavy atom. The van der Waals surface area contributed by atoms with Gasteiger partial charge in [-0.3, -0.25) is 4.79 Å². The van der Waals surface area contributed by atoms with Gasteiger partial charge in [0.2, 0.25) is 0 Å². The number of fused-ring (bicyclic) bond motifs is 1. The molecule has 2 aromatic rings. The highest BCUT2D eigenvalue weighted by molar-refractivity contribution is 9.10. The standard InChI is InChI=1S/C11H11BrN2O/c1-2-14-4-3-8-9(11(14)15)5-7(12)6-10(8)13/h3-6H,2,13H2,1H3. The van der Waals surface area contributed by atoms with Crippen molar-refractivity contribution in [2.45, 2.75) is 13.5 Å². The molecule has 0 atom stereocenters. The molecule has 4 heteroatoms. The van der Waals surface area contributed by atoms with Crippen LogP contribution in [0.25, 0.3) is 10.8 Å². The first-order valence-electron chi connectivity index (χ1n) is 4.71. The number of aryl methyl sites for hydroxylation is 1. The van der Waals surface area contributed by atoms with Crippen LogP contribution in [0.1, 0.15) is 6.92 Å². The second-order valence-electron chi connectivity index (χ2n) is 3.36. The summed E-state index contributed by atoms with van der Waals surface area (Å²) in [5.41, 5.74) is 6.47. The van der Waals surface area contributed by atoms with E-state index in [1.807, 2.05) is 13.0 Å². The van der Waals surface area contributed by atoms with Crippen LogP contribution in [0.4, 0.5) is 5.69 Å². The third kappa shape index (κ3) is 1.65. The monoisotopic (exact) mass is 266 g/mol. The number of nitrogens with two attached hydrogens (primary N) is 1. The van der Waals surface area contributed by atoms with Crippen LogP contribution in [0, 0.1) is 0 Å². The van der Waals surface area contributed by atoms with E-state index in [0.29, 0.717) is 17.6 Å². The van der Waals surface area contributed by atoms with Crippen LogP contribution in [0.15, 0.2) is 33.7 Å². The summed E-state index contributed by atoms with van der Waals surface area (Å²) in [6.07, 6.45) is 1.77. The number of rotatable bonds is 1. The second kappa shape index (κ2) is 3.70. The number of hydrogen-bond acceptors (Lipinski definition) is 2. The maximum Gasteiger partial charge on any atom is 0.258 e. The molecule has 1 aromatic heterocycles. The molecule has 2 rings (SSSR count). The maximum absolute atomic E-state index is 12.0. The van der Waals surface area contributed by atoms with Crippen molar-refractivity contribution in [2.75, 3.05) is 5.73 Å². The molecule has 0 aliphatic rings. The number of benzene rings is 1. The lowest BCUT2D eigenvalue weighted by Crippen LogP contribution is -2.18. The minimum absolute atomic E-state index is 0.00278. The third-order valence-corrected chi connectivity index (χ3v) is 2.89. The Labute approximate surface area is 95.6 Å². The summed E-state index contributed by atoms with van der Waals surface area (Å²) in [6.45, 7) is 2.61. The lowest BCUT2D eigenvalue weighted by atomic mass is 10.1. The number of nitrogen functional groups attached to an aromatic ring is 1. The largest absolute Gasteiger partial charge is 0.398 e. The van der Waals surface area contributed by atoms with Crippen molar-refractivity contribution in [1.29, 1.82) is 0 Å². The SMILES string of the molecule is CCn1ccc2c(N)cc(Br)cc2c1=O. The number of nitrogens with zero attached hydrogens (tertiary/aromatic N) is 1. The van der Waals surface area contributed by atoms with Gasteiger partial charge < -0.3 is 10.3 Å². The fourth-order valence-electron chi connectivity index (χ4n) is 1.64. The molecule has 0 bridgehead atoms. The summed E-state index contributed by atoms with van der Waals surface area (Å²) in [5.74, 6) is 0. The predicted molar refractivity (Wildman–Crippen MR) is 66.0 cm³/mol. The van der Waals surface area contributed by atoms with Crippen molar-refractivity contribution in [3.63, 3.8) is 0 Å². The lowest BCUT2D eigenvalue weighted by molar-refractivity contribution is 0.735. The number of halogens is 1. The van der Waals surface area contributed by atoms with Crippen molar-refractivity contribution in [2.24, 2.45) is 0 Å². The zero-order valence-electron chi connectivity index (χ0n) is 8.33. The van der Waals surface area contributed by atoms with Crippen molar-refractivity contribution in [3.8, 4) is 0 Å². The summed E-state index contributed by atoms with van der Waals surface area (Å²) in [6, 6.07) is 5.49. The second-order valence-corrected chi connectivity index (χ2v) is 4.28. The lowest BCUT2D eigenvalue weighted by Gasteiger charge is -2.06. The first-order chi connectivity index (χ1) is 7.13. The molecule has 78 valence electrons. The van der Waals surface area contributed by atoms with Crippen molar-refractivity contribution < 1.29 is 0 Å². The van der Waals surface area contributed by atoms with Crippen molar-refractivity contribution >= 4 is 32.4 Å². The summed E-state index contributed by atoms with van der Waals surface area (Å²) >= 11 is 3.34. The van der Waals surface area contributed by atoms with E-state index in [4.69, 9.17) is 5.73 Å². The Morgan fingerprint density at radius 2 is 2.13 bits per heavy atom. The number of anilines is 1. The van der Waals surface area contributed by atoms with Gasteiger partial charge in [-0.25, -0.2) is 0 Å². The third-order valence-electron chi connectivity index (χ3n) is 2.43. The molecule has 0 unspecified atom stereocenters. The molecule has 0 aliphatic heterocycles. The van der Waals surface area contributed by atoms with Crippen LogP contribution in [0.2, 0.25) is 0 Å². The maximum atomic E-state index is 12.0. The Hall–Kier alpha value is -1.29. The number of aromatic nitrogens is 1. The first kappa shape index (κ1) is 10.2. The van der Waals surface area contributed by atoms with Crippen LogP contribution >= 0.6 is 15.9 Å². The van der Waals surface area contributed by atoms with Gasteiger partial charge in [-0.05, 0) is 25.1 Å². The average Bonchev–Trinajstić information content (AvgIpc) is 2.19. The Bertz CT molecular complexity index is 575. The smallest absolute Gasteiger partial charge is 0.258 e. The van der Waals surface area contributed by atoms with Crippen molar-refractivity contribution in [3.05, 3.63) is 39.2 Å². The van der Waals surface area contributed by atoms with E-state index in [0.717, 1.165) is 9.86 Å². The molecule has 0 fully saturated rings. The first-order valence-corrected chi connectivity index (χ1v) is 5.51. The van der Waals surface area contributed by atoms with E-state index < -0.39 is 0 Å². The van der Waals surface area contributed by atoms with Gasteiger partial charge in [-0.15, -0.1) is 0 Å². The highest BCUT2D eigenvalue weighted by atomic mass is 79.9. The van der Waals surface area contributed by atoms with Crippen LogP contribution < -0.4 is 11.3 Å².